The summed E-state index contributed by atoms with van der Waals surface area (Å²) in [6.45, 7) is 6.06. The molecule has 0 aromatic heterocycles. The van der Waals surface area contributed by atoms with E-state index >= 15 is 0 Å². The monoisotopic (exact) mass is 328 g/mol. The molecule has 1 spiro atoms. The summed E-state index contributed by atoms with van der Waals surface area (Å²) in [4.78, 5) is 0. The Labute approximate surface area is 142 Å². The van der Waals surface area contributed by atoms with E-state index in [1.54, 1.807) is 6.07 Å². The van der Waals surface area contributed by atoms with Gasteiger partial charge in [0, 0.05) is 24.3 Å². The predicted octanol–water partition coefficient (Wildman–Crippen LogP) is 2.12. The lowest BCUT2D eigenvalue weighted by atomic mass is 9.51. The van der Waals surface area contributed by atoms with Gasteiger partial charge in [0.15, 0.2) is 11.5 Å². The van der Waals surface area contributed by atoms with Gasteiger partial charge in [-0.15, -0.1) is 0 Å². The van der Waals surface area contributed by atoms with Crippen LogP contribution in [0.5, 0.6) is 11.5 Å². The van der Waals surface area contributed by atoms with Crippen LogP contribution >= 0.6 is 0 Å². The van der Waals surface area contributed by atoms with E-state index in [2.05, 4.69) is 25.8 Å². The van der Waals surface area contributed by atoms with Crippen LogP contribution in [0.4, 0.5) is 0 Å². The standard InChI is InChI=1S/C20H25NO3/c1-3-9-21(2)10-8-20-13-5-7-16(23)19(20)24-18-15(22)6-4-12(17(18)20)11-14(13)21/h3-4,6,13-14,16,19,23H,1,5,7-11H2,2H3/p+1/t13-,14-,16-,19?,20+,21-/m1/s1. The lowest BCUT2D eigenvalue weighted by molar-refractivity contribution is -0.940. The number of phenols is 1. The SMILES string of the molecule is C=CC[N@+]1(C)CC[C@]23c4c5ccc(O)c4OC2[C@H](O)CC[C@@H]3[C@H]1C5. The summed E-state index contributed by atoms with van der Waals surface area (Å²) in [5.41, 5.74) is 2.43. The molecule has 2 heterocycles. The first kappa shape index (κ1) is 14.8. The van der Waals surface area contributed by atoms with Gasteiger partial charge < -0.3 is 19.4 Å². The van der Waals surface area contributed by atoms with Crippen molar-refractivity contribution in [2.24, 2.45) is 5.92 Å². The molecule has 2 aliphatic heterocycles. The molecular weight excluding hydrogens is 302 g/mol. The Balaban J connectivity index is 1.75. The number of hydrogen-bond donors (Lipinski definition) is 2. The molecule has 5 rings (SSSR count). The molecule has 4 aliphatic rings. The molecule has 2 aliphatic carbocycles. The van der Waals surface area contributed by atoms with Crippen molar-refractivity contribution in [3.63, 3.8) is 0 Å². The van der Waals surface area contributed by atoms with Crippen LogP contribution in [0.3, 0.4) is 0 Å². The van der Waals surface area contributed by atoms with E-state index in [-0.39, 0.29) is 17.3 Å². The number of quaternary nitrogens is 1. The van der Waals surface area contributed by atoms with E-state index in [0.717, 1.165) is 43.3 Å². The molecular formula is C20H26NO3+. The third-order valence-electron chi connectivity index (χ3n) is 7.50. The molecule has 1 saturated heterocycles. The third kappa shape index (κ3) is 1.52. The first-order valence-electron chi connectivity index (χ1n) is 9.16. The summed E-state index contributed by atoms with van der Waals surface area (Å²) >= 11 is 0. The number of likely N-dealkylation sites (tertiary alicyclic amines) is 1. The number of piperidine rings is 1. The summed E-state index contributed by atoms with van der Waals surface area (Å²) in [5.74, 6) is 1.40. The Kier molecular flexibility index (Phi) is 2.81. The zero-order valence-corrected chi connectivity index (χ0v) is 14.2. The number of likely N-dealkylation sites (N-methyl/N-ethyl adjacent to an activating group) is 1. The molecule has 2 N–H and O–H groups in total. The van der Waals surface area contributed by atoms with Gasteiger partial charge in [0.2, 0.25) is 0 Å². The summed E-state index contributed by atoms with van der Waals surface area (Å²) in [6, 6.07) is 4.39. The molecule has 2 fully saturated rings. The zero-order valence-electron chi connectivity index (χ0n) is 14.2. The molecule has 24 heavy (non-hydrogen) atoms. The lowest BCUT2D eigenvalue weighted by Crippen LogP contribution is -2.72. The largest absolute Gasteiger partial charge is 0.504 e. The maximum absolute atomic E-state index is 10.7. The number of ether oxygens (including phenoxy) is 1. The Bertz CT molecular complexity index is 732. The second-order valence-corrected chi connectivity index (χ2v) is 8.47. The van der Waals surface area contributed by atoms with Crippen molar-refractivity contribution in [2.75, 3.05) is 20.1 Å². The van der Waals surface area contributed by atoms with Crippen LogP contribution in [0.15, 0.2) is 24.8 Å². The molecule has 2 bridgehead atoms. The number of phenolic OH excluding ortho intramolecular Hbond substituents is 1. The van der Waals surface area contributed by atoms with Crippen LogP contribution in [0, 0.1) is 5.92 Å². The first-order valence-corrected chi connectivity index (χ1v) is 9.16. The number of aromatic hydroxyl groups is 1. The van der Waals surface area contributed by atoms with Gasteiger partial charge >= 0.3 is 0 Å². The summed E-state index contributed by atoms with van der Waals surface area (Å²) in [5, 5.41) is 21.0. The molecule has 1 saturated carbocycles. The highest BCUT2D eigenvalue weighted by molar-refractivity contribution is 5.60. The maximum atomic E-state index is 10.7. The molecule has 0 amide bonds. The van der Waals surface area contributed by atoms with Crippen LogP contribution in [-0.4, -0.2) is 53.1 Å². The van der Waals surface area contributed by atoms with Crippen molar-refractivity contribution in [3.05, 3.63) is 35.9 Å². The predicted molar refractivity (Wildman–Crippen MR) is 91.2 cm³/mol. The van der Waals surface area contributed by atoms with Crippen LogP contribution in [-0.2, 0) is 11.8 Å². The van der Waals surface area contributed by atoms with E-state index in [0.29, 0.717) is 17.7 Å². The quantitative estimate of drug-likeness (QED) is 0.646. The van der Waals surface area contributed by atoms with Gasteiger partial charge in [0.05, 0.1) is 37.7 Å². The summed E-state index contributed by atoms with van der Waals surface area (Å²) in [7, 11) is 2.36. The fourth-order valence-corrected chi connectivity index (χ4v) is 6.50. The Morgan fingerprint density at radius 2 is 2.25 bits per heavy atom. The van der Waals surface area contributed by atoms with E-state index in [1.165, 1.54) is 11.1 Å². The van der Waals surface area contributed by atoms with Gasteiger partial charge in [-0.05, 0) is 30.5 Å². The summed E-state index contributed by atoms with van der Waals surface area (Å²) in [6.07, 6.45) is 5.32. The third-order valence-corrected chi connectivity index (χ3v) is 7.50. The van der Waals surface area contributed by atoms with Gasteiger partial charge in [0.1, 0.15) is 6.10 Å². The van der Waals surface area contributed by atoms with Gasteiger partial charge in [-0.2, -0.15) is 0 Å². The number of rotatable bonds is 2. The van der Waals surface area contributed by atoms with Gasteiger partial charge in [-0.3, -0.25) is 0 Å². The summed E-state index contributed by atoms with van der Waals surface area (Å²) < 4.78 is 7.26. The van der Waals surface area contributed by atoms with Crippen molar-refractivity contribution in [1.29, 1.82) is 0 Å². The van der Waals surface area contributed by atoms with Crippen LogP contribution in [0.25, 0.3) is 0 Å². The lowest BCUT2D eigenvalue weighted by Gasteiger charge is -2.61. The average Bonchev–Trinajstić information content (AvgIpc) is 2.91. The number of benzene rings is 1. The normalized spacial score (nSPS) is 44.6. The van der Waals surface area contributed by atoms with Gasteiger partial charge in [-0.1, -0.05) is 12.6 Å². The fourth-order valence-electron chi connectivity index (χ4n) is 6.50. The molecule has 1 unspecified atom stereocenters. The van der Waals surface area contributed by atoms with Crippen molar-refractivity contribution in [1.82, 2.24) is 0 Å². The minimum Gasteiger partial charge on any atom is -0.504 e. The minimum atomic E-state index is -0.434. The fraction of sp³-hybridized carbons (Fsp3) is 0.600. The average molecular weight is 328 g/mol. The highest BCUT2D eigenvalue weighted by Crippen LogP contribution is 2.64. The van der Waals surface area contributed by atoms with E-state index in [9.17, 15) is 10.2 Å². The van der Waals surface area contributed by atoms with Crippen LogP contribution in [0.2, 0.25) is 0 Å². The van der Waals surface area contributed by atoms with Crippen molar-refractivity contribution in [2.45, 2.75) is 49.3 Å². The second-order valence-electron chi connectivity index (χ2n) is 8.47. The Morgan fingerprint density at radius 3 is 3.04 bits per heavy atom. The van der Waals surface area contributed by atoms with Gasteiger partial charge in [-0.25, -0.2) is 0 Å². The van der Waals surface area contributed by atoms with Crippen LogP contribution < -0.4 is 4.74 Å². The molecule has 128 valence electrons. The minimum absolute atomic E-state index is 0.108. The Morgan fingerprint density at radius 1 is 1.42 bits per heavy atom. The van der Waals surface area contributed by atoms with Crippen molar-refractivity contribution >= 4 is 0 Å². The molecule has 0 radical (unpaired) electrons. The van der Waals surface area contributed by atoms with E-state index in [4.69, 9.17) is 4.74 Å². The second kappa shape index (κ2) is 4.55. The highest BCUT2D eigenvalue weighted by Gasteiger charge is 2.68. The number of aliphatic hydroxyl groups is 1. The smallest absolute Gasteiger partial charge is 0.165 e. The van der Waals surface area contributed by atoms with Crippen molar-refractivity contribution in [3.8, 4) is 11.5 Å². The molecule has 4 nitrogen and oxygen atoms in total. The number of hydrogen-bond acceptors (Lipinski definition) is 3. The molecule has 6 atom stereocenters. The van der Waals surface area contributed by atoms with E-state index in [1.807, 2.05) is 0 Å². The van der Waals surface area contributed by atoms with Crippen LogP contribution in [0.1, 0.15) is 30.4 Å². The molecule has 4 heteroatoms. The molecule has 1 aromatic rings. The molecule has 1 aromatic carbocycles. The topological polar surface area (TPSA) is 49.7 Å². The maximum Gasteiger partial charge on any atom is 0.165 e. The van der Waals surface area contributed by atoms with Gasteiger partial charge in [0.25, 0.3) is 0 Å². The highest BCUT2D eigenvalue weighted by atomic mass is 16.5. The zero-order chi connectivity index (χ0) is 16.7. The number of aliphatic hydroxyl groups excluding tert-OH is 1. The number of nitrogens with zero attached hydrogens (tertiary/aromatic N) is 1. The first-order chi connectivity index (χ1) is 11.5. The Hall–Kier alpha value is -1.52. The van der Waals surface area contributed by atoms with E-state index < -0.39 is 6.10 Å². The van der Waals surface area contributed by atoms with Crippen molar-refractivity contribution < 1.29 is 19.4 Å².